The largest absolute Gasteiger partial charge is 0.491 e. The Bertz CT molecular complexity index is 342. The van der Waals surface area contributed by atoms with E-state index in [2.05, 4.69) is 11.6 Å². The van der Waals surface area contributed by atoms with Crippen LogP contribution < -0.4 is 15.8 Å². The molecule has 1 aromatic rings. The van der Waals surface area contributed by atoms with Gasteiger partial charge in [-0.2, -0.15) is 11.8 Å². The van der Waals surface area contributed by atoms with Crippen molar-refractivity contribution in [2.24, 2.45) is 0 Å². The molecular weight excluding hydrogens is 232 g/mol. The topological polar surface area (TPSA) is 47.3 Å². The SMILES string of the molecule is CSCCCNc1cc(N)cc(OC(C)C)c1. The van der Waals surface area contributed by atoms with Gasteiger partial charge in [0.25, 0.3) is 0 Å². The lowest BCUT2D eigenvalue weighted by molar-refractivity contribution is 0.242. The lowest BCUT2D eigenvalue weighted by Crippen LogP contribution is -2.07. The highest BCUT2D eigenvalue weighted by Gasteiger charge is 2.01. The van der Waals surface area contributed by atoms with Crippen LogP contribution in [0.1, 0.15) is 20.3 Å². The first-order valence-corrected chi connectivity index (χ1v) is 7.31. The van der Waals surface area contributed by atoms with E-state index in [1.807, 2.05) is 43.8 Å². The van der Waals surface area contributed by atoms with E-state index in [-0.39, 0.29) is 6.10 Å². The molecule has 0 aromatic heterocycles. The fourth-order valence-corrected chi connectivity index (χ4v) is 1.95. The summed E-state index contributed by atoms with van der Waals surface area (Å²) in [5.41, 5.74) is 7.60. The Balaban J connectivity index is 2.56. The number of benzene rings is 1. The van der Waals surface area contributed by atoms with Crippen LogP contribution in [0.2, 0.25) is 0 Å². The van der Waals surface area contributed by atoms with Crippen LogP contribution in [-0.2, 0) is 0 Å². The monoisotopic (exact) mass is 254 g/mol. The van der Waals surface area contributed by atoms with Gasteiger partial charge >= 0.3 is 0 Å². The van der Waals surface area contributed by atoms with E-state index in [0.29, 0.717) is 0 Å². The number of hydrogen-bond donors (Lipinski definition) is 2. The minimum Gasteiger partial charge on any atom is -0.491 e. The van der Waals surface area contributed by atoms with E-state index in [0.717, 1.165) is 30.1 Å². The molecule has 0 saturated heterocycles. The number of ether oxygens (including phenoxy) is 1. The molecule has 0 spiro atoms. The van der Waals surface area contributed by atoms with E-state index in [4.69, 9.17) is 10.5 Å². The van der Waals surface area contributed by atoms with Gasteiger partial charge in [0.1, 0.15) is 5.75 Å². The highest BCUT2D eigenvalue weighted by atomic mass is 32.2. The first-order chi connectivity index (χ1) is 8.11. The van der Waals surface area contributed by atoms with Crippen LogP contribution in [0.15, 0.2) is 18.2 Å². The Labute approximate surface area is 108 Å². The third-order valence-electron chi connectivity index (χ3n) is 2.16. The first kappa shape index (κ1) is 14.0. The lowest BCUT2D eigenvalue weighted by Gasteiger charge is -2.13. The van der Waals surface area contributed by atoms with Crippen LogP contribution in [0.4, 0.5) is 11.4 Å². The van der Waals surface area contributed by atoms with Gasteiger partial charge in [0, 0.05) is 30.1 Å². The van der Waals surface area contributed by atoms with Crippen molar-refractivity contribution < 1.29 is 4.74 Å². The molecule has 1 aromatic carbocycles. The molecule has 4 heteroatoms. The van der Waals surface area contributed by atoms with Crippen molar-refractivity contribution in [3.8, 4) is 5.75 Å². The molecule has 0 aliphatic heterocycles. The normalized spacial score (nSPS) is 10.6. The van der Waals surface area contributed by atoms with Crippen molar-refractivity contribution in [3.05, 3.63) is 18.2 Å². The molecule has 0 atom stereocenters. The second-order valence-corrected chi connectivity index (χ2v) is 5.22. The summed E-state index contributed by atoms with van der Waals surface area (Å²) in [6.07, 6.45) is 3.44. The summed E-state index contributed by atoms with van der Waals surface area (Å²) >= 11 is 1.86. The highest BCUT2D eigenvalue weighted by Crippen LogP contribution is 2.23. The summed E-state index contributed by atoms with van der Waals surface area (Å²) in [5.74, 6) is 2.00. The minimum atomic E-state index is 0.168. The van der Waals surface area contributed by atoms with Crippen LogP contribution >= 0.6 is 11.8 Å². The van der Waals surface area contributed by atoms with Gasteiger partial charge in [-0.05, 0) is 38.3 Å². The third-order valence-corrected chi connectivity index (χ3v) is 2.85. The molecule has 1 rings (SSSR count). The number of thioether (sulfide) groups is 1. The van der Waals surface area contributed by atoms with Gasteiger partial charge in [0.05, 0.1) is 6.10 Å². The molecule has 0 unspecified atom stereocenters. The maximum absolute atomic E-state index is 5.84. The zero-order valence-corrected chi connectivity index (χ0v) is 11.6. The molecule has 0 saturated carbocycles. The number of nitrogens with one attached hydrogen (secondary N) is 1. The summed E-state index contributed by atoms with van der Waals surface area (Å²) in [6.45, 7) is 4.98. The van der Waals surface area contributed by atoms with Crippen molar-refractivity contribution in [2.45, 2.75) is 26.4 Å². The molecule has 0 amide bonds. The molecule has 0 fully saturated rings. The maximum atomic E-state index is 5.84. The quantitative estimate of drug-likeness (QED) is 0.579. The minimum absolute atomic E-state index is 0.168. The molecule has 96 valence electrons. The predicted octanol–water partition coefficient (Wildman–Crippen LogP) is 3.22. The maximum Gasteiger partial charge on any atom is 0.123 e. The number of anilines is 2. The van der Waals surface area contributed by atoms with Gasteiger partial charge in [-0.1, -0.05) is 0 Å². The molecule has 0 heterocycles. The van der Waals surface area contributed by atoms with Gasteiger partial charge in [0.15, 0.2) is 0 Å². The fourth-order valence-electron chi connectivity index (χ4n) is 1.51. The number of nitrogens with two attached hydrogens (primary N) is 1. The standard InChI is InChI=1S/C13H22N2OS/c1-10(2)16-13-8-11(14)7-12(9-13)15-5-4-6-17-3/h7-10,15H,4-6,14H2,1-3H3. The Morgan fingerprint density at radius 3 is 2.76 bits per heavy atom. The number of hydrogen-bond acceptors (Lipinski definition) is 4. The summed E-state index contributed by atoms with van der Waals surface area (Å²) < 4.78 is 5.64. The first-order valence-electron chi connectivity index (χ1n) is 5.92. The second-order valence-electron chi connectivity index (χ2n) is 4.23. The van der Waals surface area contributed by atoms with Gasteiger partial charge < -0.3 is 15.8 Å². The van der Waals surface area contributed by atoms with Crippen molar-refractivity contribution in [1.29, 1.82) is 0 Å². The zero-order valence-electron chi connectivity index (χ0n) is 10.8. The summed E-state index contributed by atoms with van der Waals surface area (Å²) in [5, 5.41) is 3.36. The van der Waals surface area contributed by atoms with Crippen molar-refractivity contribution in [1.82, 2.24) is 0 Å². The molecule has 0 bridgehead atoms. The van der Waals surface area contributed by atoms with Gasteiger partial charge in [-0.3, -0.25) is 0 Å². The zero-order chi connectivity index (χ0) is 12.7. The average Bonchev–Trinajstić information content (AvgIpc) is 2.22. The summed E-state index contributed by atoms with van der Waals surface area (Å²) in [7, 11) is 0. The summed E-state index contributed by atoms with van der Waals surface area (Å²) in [4.78, 5) is 0. The van der Waals surface area contributed by atoms with Gasteiger partial charge in [-0.25, -0.2) is 0 Å². The van der Waals surface area contributed by atoms with Crippen molar-refractivity contribution in [2.75, 3.05) is 29.6 Å². The van der Waals surface area contributed by atoms with Crippen molar-refractivity contribution >= 4 is 23.1 Å². The average molecular weight is 254 g/mol. The second kappa shape index (κ2) is 7.33. The van der Waals surface area contributed by atoms with Crippen LogP contribution in [0.5, 0.6) is 5.75 Å². The van der Waals surface area contributed by atoms with Crippen molar-refractivity contribution in [3.63, 3.8) is 0 Å². The van der Waals surface area contributed by atoms with Crippen LogP contribution in [0.25, 0.3) is 0 Å². The van der Waals surface area contributed by atoms with E-state index < -0.39 is 0 Å². The van der Waals surface area contributed by atoms with E-state index in [9.17, 15) is 0 Å². The molecule has 0 radical (unpaired) electrons. The Hall–Kier alpha value is -1.03. The lowest BCUT2D eigenvalue weighted by atomic mass is 10.2. The molecule has 17 heavy (non-hydrogen) atoms. The smallest absolute Gasteiger partial charge is 0.123 e. The Morgan fingerprint density at radius 1 is 1.35 bits per heavy atom. The van der Waals surface area contributed by atoms with Crippen LogP contribution in [0, 0.1) is 0 Å². The molecule has 3 N–H and O–H groups in total. The van der Waals surface area contributed by atoms with E-state index >= 15 is 0 Å². The molecule has 3 nitrogen and oxygen atoms in total. The van der Waals surface area contributed by atoms with Crippen LogP contribution in [-0.4, -0.2) is 24.7 Å². The molecule has 0 aliphatic carbocycles. The van der Waals surface area contributed by atoms with Gasteiger partial charge in [-0.15, -0.1) is 0 Å². The van der Waals surface area contributed by atoms with Crippen LogP contribution in [0.3, 0.4) is 0 Å². The third kappa shape index (κ3) is 5.73. The van der Waals surface area contributed by atoms with E-state index in [1.54, 1.807) is 0 Å². The predicted molar refractivity (Wildman–Crippen MR) is 78.1 cm³/mol. The highest BCUT2D eigenvalue weighted by molar-refractivity contribution is 7.98. The number of nitrogen functional groups attached to an aromatic ring is 1. The Morgan fingerprint density at radius 2 is 2.12 bits per heavy atom. The Kier molecular flexibility index (Phi) is 6.05. The number of rotatable bonds is 7. The molecule has 0 aliphatic rings. The molecular formula is C13H22N2OS. The fraction of sp³-hybridized carbons (Fsp3) is 0.538. The van der Waals surface area contributed by atoms with Gasteiger partial charge in [0.2, 0.25) is 0 Å². The van der Waals surface area contributed by atoms with E-state index in [1.165, 1.54) is 5.75 Å². The summed E-state index contributed by atoms with van der Waals surface area (Å²) in [6, 6.07) is 5.79.